The predicted octanol–water partition coefficient (Wildman–Crippen LogP) is 1.84. The first-order valence-electron chi connectivity index (χ1n) is 6.89. The van der Waals surface area contributed by atoms with Crippen LogP contribution >= 0.6 is 0 Å². The van der Waals surface area contributed by atoms with Gasteiger partial charge in [0.05, 0.1) is 24.9 Å². The van der Waals surface area contributed by atoms with Gasteiger partial charge in [0, 0.05) is 12.6 Å². The molecule has 6 heteroatoms. The largest absolute Gasteiger partial charge is 0.394 e. The Bertz CT molecular complexity index is 432. The third kappa shape index (κ3) is 2.89. The molecule has 1 aromatic rings. The van der Waals surface area contributed by atoms with Crippen LogP contribution in [0.5, 0.6) is 0 Å². The molecular weight excluding hydrogens is 244 g/mol. The predicted molar refractivity (Wildman–Crippen MR) is 73.1 cm³/mol. The van der Waals surface area contributed by atoms with E-state index in [1.165, 1.54) is 0 Å². The van der Waals surface area contributed by atoms with Crippen LogP contribution in [-0.4, -0.2) is 45.0 Å². The summed E-state index contributed by atoms with van der Waals surface area (Å²) >= 11 is 0. The van der Waals surface area contributed by atoms with Gasteiger partial charge in [0.25, 0.3) is 0 Å². The van der Waals surface area contributed by atoms with Crippen molar-refractivity contribution in [2.45, 2.75) is 45.2 Å². The lowest BCUT2D eigenvalue weighted by Gasteiger charge is -2.24. The minimum atomic E-state index is -0.151. The average molecular weight is 266 g/mol. The van der Waals surface area contributed by atoms with Crippen LogP contribution in [-0.2, 0) is 0 Å². The minimum Gasteiger partial charge on any atom is -0.394 e. The molecular formula is C13H22N4O2. The molecule has 0 spiro atoms. The van der Waals surface area contributed by atoms with Gasteiger partial charge < -0.3 is 10.0 Å². The van der Waals surface area contributed by atoms with Crippen LogP contribution in [0, 0.1) is 0 Å². The van der Waals surface area contributed by atoms with E-state index in [9.17, 15) is 9.90 Å². The standard InChI is InChI=1S/C13H22N4O2/c1-3-10(2)17-12(6-7-14-17)15-13(19)16-8-4-5-11(16)9-18/h6-7,10-11,18H,3-5,8-9H2,1-2H3,(H,15,19)/t10?,11-/m1/s1. The molecule has 6 nitrogen and oxygen atoms in total. The van der Waals surface area contributed by atoms with Gasteiger partial charge in [-0.15, -0.1) is 0 Å². The van der Waals surface area contributed by atoms with Gasteiger partial charge in [0.15, 0.2) is 0 Å². The zero-order chi connectivity index (χ0) is 13.8. The van der Waals surface area contributed by atoms with Gasteiger partial charge in [-0.25, -0.2) is 9.48 Å². The first-order valence-corrected chi connectivity index (χ1v) is 6.89. The van der Waals surface area contributed by atoms with Crippen molar-refractivity contribution in [3.63, 3.8) is 0 Å². The Hall–Kier alpha value is -1.56. The number of nitrogens with zero attached hydrogens (tertiary/aromatic N) is 3. The number of aromatic nitrogens is 2. The molecule has 1 aromatic heterocycles. The topological polar surface area (TPSA) is 70.4 Å². The summed E-state index contributed by atoms with van der Waals surface area (Å²) in [5.74, 6) is 0.711. The van der Waals surface area contributed by atoms with Crippen LogP contribution in [0.1, 0.15) is 39.2 Å². The Morgan fingerprint density at radius 1 is 1.68 bits per heavy atom. The molecule has 0 aromatic carbocycles. The lowest BCUT2D eigenvalue weighted by Crippen LogP contribution is -2.40. The fraction of sp³-hybridized carbons (Fsp3) is 0.692. The first-order chi connectivity index (χ1) is 9.17. The molecule has 2 atom stereocenters. The second-order valence-electron chi connectivity index (χ2n) is 5.02. The molecule has 0 aliphatic carbocycles. The number of aliphatic hydroxyl groups is 1. The van der Waals surface area contributed by atoms with E-state index in [0.29, 0.717) is 12.4 Å². The van der Waals surface area contributed by atoms with Gasteiger partial charge in [0.1, 0.15) is 5.82 Å². The SMILES string of the molecule is CCC(C)n1nccc1NC(=O)N1CCC[C@@H]1CO. The molecule has 2 rings (SSSR count). The maximum atomic E-state index is 12.2. The molecule has 0 radical (unpaired) electrons. The number of aliphatic hydroxyl groups excluding tert-OH is 1. The second kappa shape index (κ2) is 6.06. The molecule has 1 unspecified atom stereocenters. The van der Waals surface area contributed by atoms with E-state index < -0.39 is 0 Å². The Morgan fingerprint density at radius 2 is 2.47 bits per heavy atom. The smallest absolute Gasteiger partial charge is 0.323 e. The quantitative estimate of drug-likeness (QED) is 0.873. The Labute approximate surface area is 113 Å². The van der Waals surface area contributed by atoms with Crippen LogP contribution in [0.15, 0.2) is 12.3 Å². The molecule has 106 valence electrons. The number of anilines is 1. The lowest BCUT2D eigenvalue weighted by molar-refractivity contribution is 0.166. The number of hydrogen-bond acceptors (Lipinski definition) is 3. The van der Waals surface area contributed by atoms with E-state index in [-0.39, 0.29) is 24.7 Å². The Balaban J connectivity index is 2.05. The molecule has 0 saturated carbocycles. The summed E-state index contributed by atoms with van der Waals surface area (Å²) in [5, 5.41) is 16.4. The summed E-state index contributed by atoms with van der Waals surface area (Å²) in [4.78, 5) is 13.9. The zero-order valence-corrected chi connectivity index (χ0v) is 11.5. The normalized spacial score (nSPS) is 20.6. The van der Waals surface area contributed by atoms with Crippen molar-refractivity contribution in [2.24, 2.45) is 0 Å². The molecule has 1 aliphatic heterocycles. The summed E-state index contributed by atoms with van der Waals surface area (Å²) in [7, 11) is 0. The van der Waals surface area contributed by atoms with Gasteiger partial charge in [-0.1, -0.05) is 6.92 Å². The fourth-order valence-electron chi connectivity index (χ4n) is 2.41. The highest BCUT2D eigenvalue weighted by Gasteiger charge is 2.28. The summed E-state index contributed by atoms with van der Waals surface area (Å²) in [6.45, 7) is 4.88. The monoisotopic (exact) mass is 266 g/mol. The van der Waals surface area contributed by atoms with Crippen LogP contribution in [0.25, 0.3) is 0 Å². The van der Waals surface area contributed by atoms with Crippen molar-refractivity contribution < 1.29 is 9.90 Å². The number of carbonyl (C=O) groups is 1. The number of nitrogens with one attached hydrogen (secondary N) is 1. The number of rotatable bonds is 4. The van der Waals surface area contributed by atoms with E-state index in [1.807, 2.05) is 4.68 Å². The average Bonchev–Trinajstić information content (AvgIpc) is 3.05. The molecule has 2 heterocycles. The third-order valence-electron chi connectivity index (χ3n) is 3.76. The maximum absolute atomic E-state index is 12.2. The number of urea groups is 1. The molecule has 1 saturated heterocycles. The summed E-state index contributed by atoms with van der Waals surface area (Å²) in [5.41, 5.74) is 0. The Kier molecular flexibility index (Phi) is 4.42. The maximum Gasteiger partial charge on any atom is 0.323 e. The highest BCUT2D eigenvalue weighted by Crippen LogP contribution is 2.20. The van der Waals surface area contributed by atoms with Crippen molar-refractivity contribution in [1.29, 1.82) is 0 Å². The lowest BCUT2D eigenvalue weighted by atomic mass is 10.2. The summed E-state index contributed by atoms with van der Waals surface area (Å²) < 4.78 is 1.82. The van der Waals surface area contributed by atoms with E-state index >= 15 is 0 Å². The van der Waals surface area contributed by atoms with Gasteiger partial charge in [-0.2, -0.15) is 5.10 Å². The molecule has 1 fully saturated rings. The highest BCUT2D eigenvalue weighted by molar-refractivity contribution is 5.88. The molecule has 2 amide bonds. The molecule has 2 N–H and O–H groups in total. The van der Waals surface area contributed by atoms with Crippen molar-refractivity contribution in [3.05, 3.63) is 12.3 Å². The number of carbonyl (C=O) groups excluding carboxylic acids is 1. The molecule has 19 heavy (non-hydrogen) atoms. The fourth-order valence-corrected chi connectivity index (χ4v) is 2.41. The molecule has 1 aliphatic rings. The van der Waals surface area contributed by atoms with E-state index in [0.717, 1.165) is 19.3 Å². The van der Waals surface area contributed by atoms with E-state index in [4.69, 9.17) is 0 Å². The van der Waals surface area contributed by atoms with Gasteiger partial charge in [-0.05, 0) is 26.2 Å². The van der Waals surface area contributed by atoms with Gasteiger partial charge in [0.2, 0.25) is 0 Å². The van der Waals surface area contributed by atoms with Crippen LogP contribution in [0.2, 0.25) is 0 Å². The van der Waals surface area contributed by atoms with Crippen molar-refractivity contribution >= 4 is 11.8 Å². The van der Waals surface area contributed by atoms with Crippen molar-refractivity contribution in [3.8, 4) is 0 Å². The summed E-state index contributed by atoms with van der Waals surface area (Å²) in [6.07, 6.45) is 4.46. The number of likely N-dealkylation sites (tertiary alicyclic amines) is 1. The van der Waals surface area contributed by atoms with Crippen molar-refractivity contribution in [1.82, 2.24) is 14.7 Å². The zero-order valence-electron chi connectivity index (χ0n) is 11.5. The van der Waals surface area contributed by atoms with E-state index in [2.05, 4.69) is 24.3 Å². The van der Waals surface area contributed by atoms with Crippen LogP contribution in [0.4, 0.5) is 10.6 Å². The highest BCUT2D eigenvalue weighted by atomic mass is 16.3. The van der Waals surface area contributed by atoms with Crippen molar-refractivity contribution in [2.75, 3.05) is 18.5 Å². The van der Waals surface area contributed by atoms with Crippen LogP contribution in [0.3, 0.4) is 0 Å². The van der Waals surface area contributed by atoms with E-state index in [1.54, 1.807) is 17.2 Å². The minimum absolute atomic E-state index is 0.0258. The van der Waals surface area contributed by atoms with Gasteiger partial charge >= 0.3 is 6.03 Å². The second-order valence-corrected chi connectivity index (χ2v) is 5.02. The van der Waals surface area contributed by atoms with Crippen LogP contribution < -0.4 is 5.32 Å². The number of amides is 2. The number of hydrogen-bond donors (Lipinski definition) is 2. The molecule has 0 bridgehead atoms. The third-order valence-corrected chi connectivity index (χ3v) is 3.76. The first kappa shape index (κ1) is 13.9. The summed E-state index contributed by atoms with van der Waals surface area (Å²) in [6, 6.07) is 1.84. The van der Waals surface area contributed by atoms with Gasteiger partial charge in [-0.3, -0.25) is 5.32 Å². The Morgan fingerprint density at radius 3 is 3.16 bits per heavy atom.